The number of hydrogen-bond acceptors (Lipinski definition) is 3. The van der Waals surface area contributed by atoms with Crippen LogP contribution < -0.4 is 15.0 Å². The zero-order valence-electron chi connectivity index (χ0n) is 14.1. The van der Waals surface area contributed by atoms with Crippen LogP contribution in [0, 0.1) is 12.8 Å². The molecule has 2 aromatic rings. The van der Waals surface area contributed by atoms with E-state index in [1.807, 2.05) is 43.3 Å². The molecule has 0 spiro atoms. The van der Waals surface area contributed by atoms with Crippen LogP contribution in [0.5, 0.6) is 5.75 Å². The minimum absolute atomic E-state index is 0.0763. The highest BCUT2D eigenvalue weighted by Gasteiger charge is 2.36. The molecular formula is C19H19BrN2O3. The quantitative estimate of drug-likeness (QED) is 0.846. The molecule has 130 valence electrons. The molecule has 5 nitrogen and oxygen atoms in total. The largest absolute Gasteiger partial charge is 0.495 e. The normalized spacial score (nSPS) is 16.8. The fraction of sp³-hybridized carbons (Fsp3) is 0.263. The average molecular weight is 403 g/mol. The van der Waals surface area contributed by atoms with Crippen molar-refractivity contribution in [2.24, 2.45) is 5.92 Å². The lowest BCUT2D eigenvalue weighted by atomic mass is 10.1. The van der Waals surface area contributed by atoms with Crippen molar-refractivity contribution in [1.29, 1.82) is 0 Å². The third kappa shape index (κ3) is 3.69. The van der Waals surface area contributed by atoms with Gasteiger partial charge in [0, 0.05) is 17.4 Å². The van der Waals surface area contributed by atoms with Gasteiger partial charge in [-0.2, -0.15) is 0 Å². The molecule has 0 saturated carbocycles. The van der Waals surface area contributed by atoms with Crippen LogP contribution in [-0.2, 0) is 9.59 Å². The van der Waals surface area contributed by atoms with E-state index in [0.29, 0.717) is 23.7 Å². The van der Waals surface area contributed by atoms with Gasteiger partial charge in [-0.3, -0.25) is 9.59 Å². The molecular weight excluding hydrogens is 384 g/mol. The first kappa shape index (κ1) is 17.5. The second-order valence-corrected chi connectivity index (χ2v) is 6.90. The number of rotatable bonds is 4. The van der Waals surface area contributed by atoms with Gasteiger partial charge in [0.05, 0.1) is 24.4 Å². The number of para-hydroxylation sites is 2. The van der Waals surface area contributed by atoms with E-state index in [1.54, 1.807) is 18.1 Å². The Hall–Kier alpha value is -2.34. The van der Waals surface area contributed by atoms with Crippen molar-refractivity contribution in [3.05, 3.63) is 52.5 Å². The van der Waals surface area contributed by atoms with Crippen LogP contribution in [0.2, 0.25) is 0 Å². The second-order valence-electron chi connectivity index (χ2n) is 6.05. The molecule has 6 heteroatoms. The van der Waals surface area contributed by atoms with Crippen molar-refractivity contribution < 1.29 is 14.3 Å². The van der Waals surface area contributed by atoms with Gasteiger partial charge in [-0.1, -0.05) is 18.2 Å². The predicted octanol–water partition coefficient (Wildman–Crippen LogP) is 3.76. The molecule has 1 fully saturated rings. The molecule has 1 N–H and O–H groups in total. The maximum Gasteiger partial charge on any atom is 0.229 e. The monoisotopic (exact) mass is 402 g/mol. The molecule has 1 saturated heterocycles. The number of halogens is 1. The highest BCUT2D eigenvalue weighted by molar-refractivity contribution is 9.10. The van der Waals surface area contributed by atoms with Gasteiger partial charge < -0.3 is 15.0 Å². The van der Waals surface area contributed by atoms with Crippen molar-refractivity contribution in [1.82, 2.24) is 0 Å². The molecule has 0 aliphatic carbocycles. The Morgan fingerprint density at radius 3 is 2.76 bits per heavy atom. The molecule has 0 bridgehead atoms. The molecule has 0 aromatic heterocycles. The number of nitrogens with zero attached hydrogens (tertiary/aromatic N) is 1. The van der Waals surface area contributed by atoms with Crippen LogP contribution in [-0.4, -0.2) is 25.5 Å². The number of carbonyl (C=O) groups is 2. The van der Waals surface area contributed by atoms with Crippen LogP contribution in [0.25, 0.3) is 0 Å². The molecule has 1 unspecified atom stereocenters. The molecule has 1 atom stereocenters. The summed E-state index contributed by atoms with van der Waals surface area (Å²) < 4.78 is 6.15. The summed E-state index contributed by atoms with van der Waals surface area (Å²) in [5.41, 5.74) is 2.50. The molecule has 2 amide bonds. The lowest BCUT2D eigenvalue weighted by molar-refractivity contribution is -0.122. The number of benzene rings is 2. The zero-order valence-corrected chi connectivity index (χ0v) is 15.7. The van der Waals surface area contributed by atoms with Gasteiger partial charge in [0.25, 0.3) is 0 Å². The topological polar surface area (TPSA) is 58.6 Å². The maximum absolute atomic E-state index is 12.6. The number of carbonyl (C=O) groups excluding carboxylic acids is 2. The van der Waals surface area contributed by atoms with E-state index in [9.17, 15) is 9.59 Å². The van der Waals surface area contributed by atoms with Crippen molar-refractivity contribution in [3.63, 3.8) is 0 Å². The minimum atomic E-state index is -0.398. The molecule has 3 rings (SSSR count). The number of anilines is 2. The summed E-state index contributed by atoms with van der Waals surface area (Å²) >= 11 is 3.45. The second kappa shape index (κ2) is 7.27. The van der Waals surface area contributed by atoms with Crippen LogP contribution in [0.4, 0.5) is 11.4 Å². The Balaban J connectivity index is 1.74. The van der Waals surface area contributed by atoms with Crippen LogP contribution in [0.15, 0.2) is 46.9 Å². The van der Waals surface area contributed by atoms with Gasteiger partial charge in [-0.05, 0) is 52.7 Å². The standard InChI is InChI=1S/C19H19BrN2O3/c1-12-7-8-15(14(20)9-12)21-19(24)13-10-18(23)22(11-13)16-5-3-4-6-17(16)25-2/h3-9,13H,10-11H2,1-2H3,(H,21,24). The Morgan fingerprint density at radius 2 is 2.04 bits per heavy atom. The first-order valence-electron chi connectivity index (χ1n) is 8.00. The third-order valence-corrected chi connectivity index (χ3v) is 4.91. The van der Waals surface area contributed by atoms with Crippen molar-refractivity contribution in [2.75, 3.05) is 23.9 Å². The fourth-order valence-electron chi connectivity index (χ4n) is 2.93. The number of hydrogen-bond donors (Lipinski definition) is 1. The minimum Gasteiger partial charge on any atom is -0.495 e. The van der Waals surface area contributed by atoms with E-state index < -0.39 is 5.92 Å². The van der Waals surface area contributed by atoms with E-state index in [2.05, 4.69) is 21.2 Å². The zero-order chi connectivity index (χ0) is 18.0. The van der Waals surface area contributed by atoms with E-state index >= 15 is 0 Å². The Kier molecular flexibility index (Phi) is 5.08. The van der Waals surface area contributed by atoms with Crippen molar-refractivity contribution in [3.8, 4) is 5.75 Å². The number of amides is 2. The summed E-state index contributed by atoms with van der Waals surface area (Å²) in [6.07, 6.45) is 0.188. The summed E-state index contributed by atoms with van der Waals surface area (Å²) in [7, 11) is 1.57. The number of methoxy groups -OCH3 is 1. The maximum atomic E-state index is 12.6. The van der Waals surface area contributed by atoms with Crippen LogP contribution >= 0.6 is 15.9 Å². The predicted molar refractivity (Wildman–Crippen MR) is 101 cm³/mol. The smallest absolute Gasteiger partial charge is 0.229 e. The summed E-state index contributed by atoms with van der Waals surface area (Å²) in [5.74, 6) is -0.00766. The van der Waals surface area contributed by atoms with Crippen molar-refractivity contribution >= 4 is 39.1 Å². The van der Waals surface area contributed by atoms with Gasteiger partial charge in [-0.15, -0.1) is 0 Å². The molecule has 0 radical (unpaired) electrons. The van der Waals surface area contributed by atoms with Crippen LogP contribution in [0.1, 0.15) is 12.0 Å². The summed E-state index contributed by atoms with van der Waals surface area (Å²) in [4.78, 5) is 26.6. The Labute approximate surface area is 155 Å². The molecule has 1 heterocycles. The van der Waals surface area contributed by atoms with Gasteiger partial charge in [0.1, 0.15) is 5.75 Å². The fourth-order valence-corrected chi connectivity index (χ4v) is 3.52. The van der Waals surface area contributed by atoms with Gasteiger partial charge >= 0.3 is 0 Å². The lowest BCUT2D eigenvalue weighted by Gasteiger charge is -2.19. The summed E-state index contributed by atoms with van der Waals surface area (Å²) in [5, 5.41) is 2.90. The molecule has 2 aromatic carbocycles. The lowest BCUT2D eigenvalue weighted by Crippen LogP contribution is -2.28. The first-order valence-corrected chi connectivity index (χ1v) is 8.79. The first-order chi connectivity index (χ1) is 12.0. The number of nitrogens with one attached hydrogen (secondary N) is 1. The highest BCUT2D eigenvalue weighted by Crippen LogP contribution is 2.33. The van der Waals surface area contributed by atoms with Crippen molar-refractivity contribution in [2.45, 2.75) is 13.3 Å². The molecule has 1 aliphatic rings. The number of aryl methyl sites for hydroxylation is 1. The highest BCUT2D eigenvalue weighted by atomic mass is 79.9. The Bertz CT molecular complexity index is 822. The van der Waals surface area contributed by atoms with Crippen LogP contribution in [0.3, 0.4) is 0 Å². The Morgan fingerprint density at radius 1 is 1.28 bits per heavy atom. The average Bonchev–Trinajstić information content (AvgIpc) is 2.99. The van der Waals surface area contributed by atoms with E-state index in [0.717, 1.165) is 10.0 Å². The van der Waals surface area contributed by atoms with E-state index in [-0.39, 0.29) is 18.2 Å². The van der Waals surface area contributed by atoms with E-state index in [4.69, 9.17) is 4.74 Å². The molecule has 25 heavy (non-hydrogen) atoms. The van der Waals surface area contributed by atoms with E-state index in [1.165, 1.54) is 0 Å². The van der Waals surface area contributed by atoms with Gasteiger partial charge in [-0.25, -0.2) is 0 Å². The molecule has 1 aliphatic heterocycles. The SMILES string of the molecule is COc1ccccc1N1CC(C(=O)Nc2ccc(C)cc2Br)CC1=O. The van der Waals surface area contributed by atoms with Gasteiger partial charge in [0.2, 0.25) is 11.8 Å². The summed E-state index contributed by atoms with van der Waals surface area (Å²) in [6.45, 7) is 2.33. The van der Waals surface area contributed by atoms with Gasteiger partial charge in [0.15, 0.2) is 0 Å². The third-order valence-electron chi connectivity index (χ3n) is 4.25. The summed E-state index contributed by atoms with van der Waals surface area (Å²) in [6, 6.07) is 13.1. The number of ether oxygens (including phenoxy) is 1.